The summed E-state index contributed by atoms with van der Waals surface area (Å²) in [6.45, 7) is -0.185. The fourth-order valence-electron chi connectivity index (χ4n) is 3.26. The summed E-state index contributed by atoms with van der Waals surface area (Å²) in [5.74, 6) is -0.266. The topological polar surface area (TPSA) is 97.4 Å². The Morgan fingerprint density at radius 3 is 2.67 bits per heavy atom. The first-order valence-electron chi connectivity index (χ1n) is 9.11. The Morgan fingerprint density at radius 1 is 1.17 bits per heavy atom. The van der Waals surface area contributed by atoms with Gasteiger partial charge in [-0.05, 0) is 60.4 Å². The molecule has 0 aliphatic heterocycles. The van der Waals surface area contributed by atoms with Crippen LogP contribution in [0.15, 0.2) is 58.9 Å². The number of rotatable bonds is 7. The van der Waals surface area contributed by atoms with E-state index in [0.29, 0.717) is 23.7 Å². The molecule has 10 heteroatoms. The Hall–Kier alpha value is -2.98. The number of carbonyl (C=O) groups is 1. The van der Waals surface area contributed by atoms with Crippen LogP contribution in [-0.2, 0) is 27.7 Å². The molecule has 1 unspecified atom stereocenters. The molecule has 30 heavy (non-hydrogen) atoms. The lowest BCUT2D eigenvalue weighted by Crippen LogP contribution is -2.38. The van der Waals surface area contributed by atoms with Gasteiger partial charge in [0.15, 0.2) is 11.7 Å². The van der Waals surface area contributed by atoms with Gasteiger partial charge in [0, 0.05) is 17.6 Å². The summed E-state index contributed by atoms with van der Waals surface area (Å²) in [5, 5.41) is 4.89. The fourth-order valence-corrected chi connectivity index (χ4v) is 5.10. The van der Waals surface area contributed by atoms with Crippen LogP contribution in [0.1, 0.15) is 11.1 Å². The molecule has 0 saturated heterocycles. The smallest absolute Gasteiger partial charge is 0.263 e. The highest BCUT2D eigenvalue weighted by molar-refractivity contribution is 7.93. The van der Waals surface area contributed by atoms with Crippen molar-refractivity contribution in [1.29, 1.82) is 0 Å². The third kappa shape index (κ3) is 4.77. The molecule has 156 valence electrons. The van der Waals surface area contributed by atoms with Crippen molar-refractivity contribution in [3.8, 4) is 5.75 Å². The minimum Gasteiger partial charge on any atom is -0.484 e. The minimum atomic E-state index is -3.72. The predicted octanol–water partition coefficient (Wildman–Crippen LogP) is 2.75. The molecule has 1 atom stereocenters. The fraction of sp³-hybridized carbons (Fsp3) is 0.200. The number of sulfonamides is 1. The molecular weight excluding hydrogens is 429 g/mol. The van der Waals surface area contributed by atoms with Crippen LogP contribution in [-0.4, -0.2) is 32.0 Å². The van der Waals surface area contributed by atoms with Crippen molar-refractivity contribution in [3.63, 3.8) is 0 Å². The van der Waals surface area contributed by atoms with Gasteiger partial charge in [0.2, 0.25) is 0 Å². The van der Waals surface area contributed by atoms with Crippen LogP contribution in [0.4, 0.5) is 9.52 Å². The van der Waals surface area contributed by atoms with E-state index in [1.165, 1.54) is 41.8 Å². The predicted molar refractivity (Wildman–Crippen MR) is 111 cm³/mol. The first kappa shape index (κ1) is 20.3. The number of halogens is 1. The highest BCUT2D eigenvalue weighted by atomic mass is 32.2. The highest BCUT2D eigenvalue weighted by Crippen LogP contribution is 2.26. The molecule has 1 heterocycles. The van der Waals surface area contributed by atoms with Gasteiger partial charge in [0.05, 0.1) is 4.90 Å². The van der Waals surface area contributed by atoms with Gasteiger partial charge in [-0.3, -0.25) is 9.52 Å². The number of ether oxygens (including phenoxy) is 1. The Balaban J connectivity index is 1.35. The van der Waals surface area contributed by atoms with Crippen molar-refractivity contribution in [1.82, 2.24) is 10.3 Å². The monoisotopic (exact) mass is 447 g/mol. The summed E-state index contributed by atoms with van der Waals surface area (Å²) in [6.07, 6.45) is 2.66. The second kappa shape index (κ2) is 8.41. The zero-order chi connectivity index (χ0) is 21.1. The zero-order valence-corrected chi connectivity index (χ0v) is 17.3. The number of hydrogen-bond acceptors (Lipinski definition) is 6. The largest absolute Gasteiger partial charge is 0.484 e. The first-order chi connectivity index (χ1) is 14.4. The third-order valence-electron chi connectivity index (χ3n) is 4.62. The maximum absolute atomic E-state index is 12.9. The lowest BCUT2D eigenvalue weighted by Gasteiger charge is -2.12. The molecule has 0 saturated carbocycles. The minimum absolute atomic E-state index is 0.144. The average Bonchev–Trinajstić information content (AvgIpc) is 3.35. The van der Waals surface area contributed by atoms with Crippen LogP contribution in [0, 0.1) is 5.82 Å². The quantitative estimate of drug-likeness (QED) is 0.581. The highest BCUT2D eigenvalue weighted by Gasteiger charge is 2.25. The van der Waals surface area contributed by atoms with Crippen molar-refractivity contribution < 1.29 is 22.3 Å². The van der Waals surface area contributed by atoms with Gasteiger partial charge in [-0.15, -0.1) is 11.3 Å². The lowest BCUT2D eigenvalue weighted by molar-refractivity contribution is -0.123. The van der Waals surface area contributed by atoms with Gasteiger partial charge in [-0.25, -0.2) is 17.8 Å². The van der Waals surface area contributed by atoms with Crippen LogP contribution in [0.25, 0.3) is 0 Å². The van der Waals surface area contributed by atoms with E-state index in [1.54, 1.807) is 23.6 Å². The summed E-state index contributed by atoms with van der Waals surface area (Å²) < 4.78 is 45.8. The summed E-state index contributed by atoms with van der Waals surface area (Å²) in [7, 11) is -3.72. The van der Waals surface area contributed by atoms with Crippen LogP contribution >= 0.6 is 11.3 Å². The molecule has 4 rings (SSSR count). The van der Waals surface area contributed by atoms with Crippen molar-refractivity contribution >= 4 is 32.4 Å². The van der Waals surface area contributed by atoms with Crippen molar-refractivity contribution in [2.45, 2.75) is 23.8 Å². The Labute approximate surface area is 177 Å². The standard InChI is InChI=1S/C20H18FN3O4S2/c21-15-2-4-17(5-3-15)28-12-19(25)23-16-9-13-1-6-18(11-14(13)10-16)30(26,27)24-20-22-7-8-29-20/h1-8,11,16H,9-10,12H2,(H,22,24)(H,23,25). The van der Waals surface area contributed by atoms with Gasteiger partial charge >= 0.3 is 0 Å². The summed E-state index contributed by atoms with van der Waals surface area (Å²) >= 11 is 1.20. The van der Waals surface area contributed by atoms with Crippen LogP contribution < -0.4 is 14.8 Å². The van der Waals surface area contributed by atoms with E-state index < -0.39 is 10.0 Å². The number of benzene rings is 2. The molecule has 2 aromatic carbocycles. The number of fused-ring (bicyclic) bond motifs is 1. The summed E-state index contributed by atoms with van der Waals surface area (Å²) in [6, 6.07) is 10.2. The van der Waals surface area contributed by atoms with E-state index in [1.807, 2.05) is 0 Å². The van der Waals surface area contributed by atoms with Gasteiger partial charge in [-0.1, -0.05) is 6.07 Å². The molecule has 0 bridgehead atoms. The molecule has 0 spiro atoms. The molecular formula is C20H18FN3O4S2. The van der Waals surface area contributed by atoms with Gasteiger partial charge in [-0.2, -0.15) is 0 Å². The number of aromatic nitrogens is 1. The maximum Gasteiger partial charge on any atom is 0.263 e. The van der Waals surface area contributed by atoms with Crippen molar-refractivity contribution in [3.05, 3.63) is 71.0 Å². The van der Waals surface area contributed by atoms with Crippen LogP contribution in [0.5, 0.6) is 5.75 Å². The average molecular weight is 448 g/mol. The number of nitrogens with zero attached hydrogens (tertiary/aromatic N) is 1. The molecule has 2 N–H and O–H groups in total. The van der Waals surface area contributed by atoms with Crippen LogP contribution in [0.2, 0.25) is 0 Å². The number of carbonyl (C=O) groups excluding carboxylic acids is 1. The second-order valence-corrected chi connectivity index (χ2v) is 9.37. The van der Waals surface area contributed by atoms with Gasteiger partial charge in [0.1, 0.15) is 11.6 Å². The van der Waals surface area contributed by atoms with Crippen LogP contribution in [0.3, 0.4) is 0 Å². The molecule has 1 aliphatic carbocycles. The lowest BCUT2D eigenvalue weighted by atomic mass is 10.1. The van der Waals surface area contributed by atoms with E-state index in [9.17, 15) is 17.6 Å². The normalized spacial score (nSPS) is 15.4. The maximum atomic E-state index is 12.9. The van der Waals surface area contributed by atoms with E-state index >= 15 is 0 Å². The number of anilines is 1. The molecule has 7 nitrogen and oxygen atoms in total. The number of nitrogens with one attached hydrogen (secondary N) is 2. The van der Waals surface area contributed by atoms with Crippen molar-refractivity contribution in [2.24, 2.45) is 0 Å². The first-order valence-corrected chi connectivity index (χ1v) is 11.5. The van der Waals surface area contributed by atoms with E-state index in [2.05, 4.69) is 15.0 Å². The zero-order valence-electron chi connectivity index (χ0n) is 15.7. The molecule has 1 aromatic heterocycles. The molecule has 0 radical (unpaired) electrons. The molecule has 0 fully saturated rings. The van der Waals surface area contributed by atoms with E-state index in [4.69, 9.17) is 4.74 Å². The summed E-state index contributed by atoms with van der Waals surface area (Å²) in [5.41, 5.74) is 1.87. The number of hydrogen-bond donors (Lipinski definition) is 2. The number of amides is 1. The SMILES string of the molecule is O=C(COc1ccc(F)cc1)NC1Cc2ccc(S(=O)(=O)Nc3nccs3)cc2C1. The second-order valence-electron chi connectivity index (χ2n) is 6.79. The van der Waals surface area contributed by atoms with E-state index in [-0.39, 0.29) is 29.3 Å². The van der Waals surface area contributed by atoms with Gasteiger partial charge < -0.3 is 10.1 Å². The van der Waals surface area contributed by atoms with Crippen molar-refractivity contribution in [2.75, 3.05) is 11.3 Å². The Kier molecular flexibility index (Phi) is 5.69. The molecule has 1 amide bonds. The summed E-state index contributed by atoms with van der Waals surface area (Å²) in [4.78, 5) is 16.3. The Morgan fingerprint density at radius 2 is 1.93 bits per heavy atom. The number of thiazole rings is 1. The Bertz CT molecular complexity index is 1150. The third-order valence-corrected chi connectivity index (χ3v) is 6.78. The van der Waals surface area contributed by atoms with Gasteiger partial charge in [0.25, 0.3) is 15.9 Å². The molecule has 1 aliphatic rings. The molecule has 3 aromatic rings. The van der Waals surface area contributed by atoms with E-state index in [0.717, 1.165) is 11.1 Å².